The van der Waals surface area contributed by atoms with Crippen molar-refractivity contribution in [1.82, 2.24) is 0 Å². The molecule has 0 amide bonds. The number of hydrogen-bond acceptors (Lipinski definition) is 0. The largest absolute Gasteiger partial charge is 0.0651 e. The molecule has 0 aliphatic rings. The summed E-state index contributed by atoms with van der Waals surface area (Å²) in [6.45, 7) is 11.7. The zero-order valence-corrected chi connectivity index (χ0v) is 11.0. The van der Waals surface area contributed by atoms with Crippen LogP contribution >= 0.6 is 0 Å². The van der Waals surface area contributed by atoms with E-state index in [2.05, 4.69) is 34.6 Å². The van der Waals surface area contributed by atoms with E-state index < -0.39 is 0 Å². The predicted octanol–water partition coefficient (Wildman–Crippen LogP) is 5.28. The zero-order valence-electron chi connectivity index (χ0n) is 11.0. The van der Waals surface area contributed by atoms with Crippen molar-refractivity contribution in [1.29, 1.82) is 0 Å². The van der Waals surface area contributed by atoms with Crippen molar-refractivity contribution in [3.8, 4) is 0 Å². The van der Waals surface area contributed by atoms with Gasteiger partial charge in [-0.15, -0.1) is 0 Å². The fourth-order valence-corrected chi connectivity index (χ4v) is 2.26. The highest BCUT2D eigenvalue weighted by atomic mass is 14.2. The van der Waals surface area contributed by atoms with Gasteiger partial charge >= 0.3 is 0 Å². The van der Waals surface area contributed by atoms with Gasteiger partial charge in [0.15, 0.2) is 0 Å². The normalized spacial score (nSPS) is 15.9. The summed E-state index contributed by atoms with van der Waals surface area (Å²) in [4.78, 5) is 0. The lowest BCUT2D eigenvalue weighted by molar-refractivity contribution is 0.291. The molecule has 0 bridgehead atoms. The molecular formula is C14H30. The highest BCUT2D eigenvalue weighted by Gasteiger charge is 2.14. The summed E-state index contributed by atoms with van der Waals surface area (Å²) in [6, 6.07) is 0. The predicted molar refractivity (Wildman–Crippen MR) is 66.5 cm³/mol. The lowest BCUT2D eigenvalue weighted by Crippen LogP contribution is -2.10. The molecule has 0 aromatic carbocycles. The molecule has 0 spiro atoms. The summed E-state index contributed by atoms with van der Waals surface area (Å²) in [5.74, 6) is 2.88. The van der Waals surface area contributed by atoms with Gasteiger partial charge in [-0.2, -0.15) is 0 Å². The Morgan fingerprint density at radius 1 is 0.643 bits per heavy atom. The summed E-state index contributed by atoms with van der Waals surface area (Å²) in [7, 11) is 0. The summed E-state index contributed by atoms with van der Waals surface area (Å²) in [6.07, 6.45) is 8.37. The molecule has 0 aliphatic carbocycles. The third-order valence-corrected chi connectivity index (χ3v) is 3.83. The Kier molecular flexibility index (Phi) is 8.32. The summed E-state index contributed by atoms with van der Waals surface area (Å²) < 4.78 is 0. The molecule has 14 heavy (non-hydrogen) atoms. The first-order valence-electron chi connectivity index (χ1n) is 6.67. The second kappa shape index (κ2) is 8.32. The Balaban J connectivity index is 3.88. The molecule has 0 radical (unpaired) electrons. The monoisotopic (exact) mass is 198 g/mol. The van der Waals surface area contributed by atoms with Gasteiger partial charge in [-0.1, -0.05) is 60.3 Å². The van der Waals surface area contributed by atoms with E-state index in [4.69, 9.17) is 0 Å². The molecule has 0 rings (SSSR count). The maximum atomic E-state index is 2.40. The molecule has 0 saturated carbocycles. The van der Waals surface area contributed by atoms with E-state index in [9.17, 15) is 0 Å². The first-order chi connectivity index (χ1) is 6.67. The maximum absolute atomic E-state index is 2.40. The third kappa shape index (κ3) is 5.67. The van der Waals surface area contributed by atoms with Crippen molar-refractivity contribution >= 4 is 0 Å². The zero-order chi connectivity index (χ0) is 11.0. The van der Waals surface area contributed by atoms with E-state index in [0.717, 1.165) is 17.8 Å². The molecule has 0 nitrogen and oxygen atoms in total. The van der Waals surface area contributed by atoms with Crippen LogP contribution in [-0.2, 0) is 0 Å². The van der Waals surface area contributed by atoms with Crippen molar-refractivity contribution < 1.29 is 0 Å². The minimum absolute atomic E-state index is 0.925. The molecule has 0 aromatic rings. The van der Waals surface area contributed by atoms with E-state index in [0.29, 0.717) is 0 Å². The minimum Gasteiger partial charge on any atom is -0.0651 e. The van der Waals surface area contributed by atoms with Gasteiger partial charge in [0.1, 0.15) is 0 Å². The Bertz CT molecular complexity index is 113. The van der Waals surface area contributed by atoms with Crippen molar-refractivity contribution in [3.05, 3.63) is 0 Å². The molecule has 0 N–H and O–H groups in total. The van der Waals surface area contributed by atoms with Crippen LogP contribution in [0, 0.1) is 17.8 Å². The highest BCUT2D eigenvalue weighted by Crippen LogP contribution is 2.27. The molecule has 2 unspecified atom stereocenters. The molecule has 0 aliphatic heterocycles. The molecule has 0 saturated heterocycles. The van der Waals surface area contributed by atoms with Crippen molar-refractivity contribution in [2.45, 2.75) is 73.1 Å². The van der Waals surface area contributed by atoms with Gasteiger partial charge in [0.25, 0.3) is 0 Å². The Hall–Kier alpha value is 0. The molecule has 86 valence electrons. The fourth-order valence-electron chi connectivity index (χ4n) is 2.26. The lowest BCUT2D eigenvalue weighted by Gasteiger charge is -2.23. The van der Waals surface area contributed by atoms with Gasteiger partial charge in [0, 0.05) is 0 Å². The van der Waals surface area contributed by atoms with Crippen LogP contribution in [0.3, 0.4) is 0 Å². The Labute approximate surface area is 91.5 Å². The Morgan fingerprint density at radius 2 is 1.14 bits per heavy atom. The second-order valence-corrected chi connectivity index (χ2v) is 4.94. The molecule has 2 atom stereocenters. The molecular weight excluding hydrogens is 168 g/mol. The van der Waals surface area contributed by atoms with Crippen LogP contribution in [0.2, 0.25) is 0 Å². The van der Waals surface area contributed by atoms with Gasteiger partial charge in [0.05, 0.1) is 0 Å². The van der Waals surface area contributed by atoms with E-state index >= 15 is 0 Å². The fraction of sp³-hybridized carbons (Fsp3) is 1.00. The second-order valence-electron chi connectivity index (χ2n) is 4.94. The molecule has 0 heteroatoms. The topological polar surface area (TPSA) is 0 Å². The van der Waals surface area contributed by atoms with Gasteiger partial charge in [-0.25, -0.2) is 0 Å². The van der Waals surface area contributed by atoms with Crippen LogP contribution in [0.15, 0.2) is 0 Å². The van der Waals surface area contributed by atoms with Gasteiger partial charge in [0.2, 0.25) is 0 Å². The first-order valence-corrected chi connectivity index (χ1v) is 6.67. The van der Waals surface area contributed by atoms with Crippen LogP contribution in [0.1, 0.15) is 73.1 Å². The minimum atomic E-state index is 0.925. The smallest absolute Gasteiger partial charge is 0.0412 e. The average molecular weight is 198 g/mol. The van der Waals surface area contributed by atoms with Crippen LogP contribution in [0.4, 0.5) is 0 Å². The molecule has 0 fully saturated rings. The summed E-state index contributed by atoms with van der Waals surface area (Å²) in [5.41, 5.74) is 0. The quantitative estimate of drug-likeness (QED) is 0.498. The summed E-state index contributed by atoms with van der Waals surface area (Å²) in [5, 5.41) is 0. The number of hydrogen-bond donors (Lipinski definition) is 0. The van der Waals surface area contributed by atoms with Crippen molar-refractivity contribution in [2.75, 3.05) is 0 Å². The van der Waals surface area contributed by atoms with Crippen LogP contribution < -0.4 is 0 Å². The third-order valence-electron chi connectivity index (χ3n) is 3.83. The van der Waals surface area contributed by atoms with E-state index in [1.165, 1.54) is 38.5 Å². The van der Waals surface area contributed by atoms with Crippen molar-refractivity contribution in [3.63, 3.8) is 0 Å². The van der Waals surface area contributed by atoms with Crippen molar-refractivity contribution in [2.24, 2.45) is 17.8 Å². The van der Waals surface area contributed by atoms with Crippen LogP contribution in [0.25, 0.3) is 0 Å². The Morgan fingerprint density at radius 3 is 1.50 bits per heavy atom. The van der Waals surface area contributed by atoms with E-state index in [1.54, 1.807) is 0 Å². The van der Waals surface area contributed by atoms with Gasteiger partial charge in [-0.3, -0.25) is 0 Å². The van der Waals surface area contributed by atoms with Crippen LogP contribution in [-0.4, -0.2) is 0 Å². The van der Waals surface area contributed by atoms with Crippen LogP contribution in [0.5, 0.6) is 0 Å². The SMILES string of the molecule is CCC(C)CC(CC)CC(CC)CC. The van der Waals surface area contributed by atoms with E-state index in [1.807, 2.05) is 0 Å². The van der Waals surface area contributed by atoms with Gasteiger partial charge in [-0.05, 0) is 30.6 Å². The highest BCUT2D eigenvalue weighted by molar-refractivity contribution is 4.66. The lowest BCUT2D eigenvalue weighted by atomic mass is 9.83. The molecule has 0 heterocycles. The molecule has 0 aromatic heterocycles. The van der Waals surface area contributed by atoms with Gasteiger partial charge < -0.3 is 0 Å². The van der Waals surface area contributed by atoms with E-state index in [-0.39, 0.29) is 0 Å². The maximum Gasteiger partial charge on any atom is -0.0412 e. The first kappa shape index (κ1) is 14.0. The average Bonchev–Trinajstić information content (AvgIpc) is 2.23. The summed E-state index contributed by atoms with van der Waals surface area (Å²) >= 11 is 0. The standard InChI is InChI=1S/C14H30/c1-6-12(5)10-14(9-4)11-13(7-2)8-3/h12-14H,6-11H2,1-5H3. The number of rotatable bonds is 8.